The molecular weight excluding hydrogens is 150 g/mol. The normalized spacial score (nSPS) is 20.5. The molecule has 0 atom stereocenters. The van der Waals surface area contributed by atoms with Crippen molar-refractivity contribution in [3.05, 3.63) is 18.2 Å². The fourth-order valence-electron chi connectivity index (χ4n) is 2.00. The molecule has 1 heterocycles. The van der Waals surface area contributed by atoms with E-state index in [0.717, 1.165) is 12.4 Å². The van der Waals surface area contributed by atoms with Gasteiger partial charge in [-0.2, -0.15) is 0 Å². The van der Waals surface area contributed by atoms with Crippen LogP contribution in [0.3, 0.4) is 0 Å². The van der Waals surface area contributed by atoms with Crippen molar-refractivity contribution in [1.82, 2.24) is 9.55 Å². The molecule has 0 spiro atoms. The third-order valence-electron chi connectivity index (χ3n) is 3.00. The highest BCUT2D eigenvalue weighted by atomic mass is 15.1. The van der Waals surface area contributed by atoms with Gasteiger partial charge in [0.1, 0.15) is 5.82 Å². The van der Waals surface area contributed by atoms with Gasteiger partial charge in [0, 0.05) is 31.4 Å². The molecule has 0 radical (unpaired) electrons. The Hall–Kier alpha value is -0.830. The van der Waals surface area contributed by atoms with Crippen molar-refractivity contribution < 1.29 is 0 Å². The fraction of sp³-hybridized carbons (Fsp3) is 0.667. The maximum atomic E-state index is 5.78. The second kappa shape index (κ2) is 2.59. The maximum Gasteiger partial charge on any atom is 0.115 e. The molecular formula is C9H15N3. The third kappa shape index (κ3) is 0.894. The van der Waals surface area contributed by atoms with Crippen LogP contribution in [0.25, 0.3) is 0 Å². The van der Waals surface area contributed by atoms with Crippen LogP contribution in [0, 0.1) is 0 Å². The molecule has 0 bridgehead atoms. The van der Waals surface area contributed by atoms with E-state index < -0.39 is 0 Å². The second-order valence-corrected chi connectivity index (χ2v) is 3.70. The molecule has 0 saturated heterocycles. The van der Waals surface area contributed by atoms with Crippen LogP contribution in [-0.4, -0.2) is 16.1 Å². The lowest BCUT2D eigenvalue weighted by Crippen LogP contribution is -2.43. The van der Waals surface area contributed by atoms with Crippen LogP contribution in [-0.2, 0) is 12.5 Å². The summed E-state index contributed by atoms with van der Waals surface area (Å²) in [4.78, 5) is 4.36. The van der Waals surface area contributed by atoms with Gasteiger partial charge in [-0.1, -0.05) is 6.42 Å². The van der Waals surface area contributed by atoms with Gasteiger partial charge in [0.25, 0.3) is 0 Å². The summed E-state index contributed by atoms with van der Waals surface area (Å²) >= 11 is 0. The largest absolute Gasteiger partial charge is 0.338 e. The van der Waals surface area contributed by atoms with Crippen LogP contribution in [0.4, 0.5) is 0 Å². The Balaban J connectivity index is 2.33. The predicted octanol–water partition coefficient (Wildman–Crippen LogP) is 0.800. The number of imidazole rings is 1. The smallest absolute Gasteiger partial charge is 0.115 e. The molecule has 1 aliphatic carbocycles. The van der Waals surface area contributed by atoms with E-state index in [2.05, 4.69) is 9.55 Å². The molecule has 12 heavy (non-hydrogen) atoms. The van der Waals surface area contributed by atoms with Crippen molar-refractivity contribution >= 4 is 0 Å². The number of aromatic nitrogens is 2. The van der Waals surface area contributed by atoms with E-state index in [-0.39, 0.29) is 5.41 Å². The van der Waals surface area contributed by atoms with Crippen LogP contribution < -0.4 is 5.73 Å². The van der Waals surface area contributed by atoms with Crippen molar-refractivity contribution in [1.29, 1.82) is 0 Å². The van der Waals surface area contributed by atoms with Crippen LogP contribution in [0.2, 0.25) is 0 Å². The summed E-state index contributed by atoms with van der Waals surface area (Å²) in [6.07, 6.45) is 7.54. The van der Waals surface area contributed by atoms with Gasteiger partial charge < -0.3 is 10.3 Å². The minimum Gasteiger partial charge on any atom is -0.338 e. The topological polar surface area (TPSA) is 43.8 Å². The number of hydrogen-bond acceptors (Lipinski definition) is 2. The summed E-state index contributed by atoms with van der Waals surface area (Å²) in [6.45, 7) is 0.734. The average Bonchev–Trinajstić information content (AvgIpc) is 2.36. The molecule has 1 saturated carbocycles. The molecule has 1 fully saturated rings. The van der Waals surface area contributed by atoms with Crippen molar-refractivity contribution in [3.8, 4) is 0 Å². The van der Waals surface area contributed by atoms with E-state index in [1.807, 2.05) is 19.4 Å². The van der Waals surface area contributed by atoms with E-state index in [0.29, 0.717) is 0 Å². The first-order valence-corrected chi connectivity index (χ1v) is 4.46. The number of nitrogens with two attached hydrogens (primary N) is 1. The fourth-order valence-corrected chi connectivity index (χ4v) is 2.00. The number of aryl methyl sites for hydroxylation is 1. The molecule has 1 aliphatic rings. The first-order chi connectivity index (χ1) is 5.78. The lowest BCUT2D eigenvalue weighted by atomic mass is 9.68. The van der Waals surface area contributed by atoms with E-state index in [9.17, 15) is 0 Å². The predicted molar refractivity (Wildman–Crippen MR) is 47.8 cm³/mol. The summed E-state index contributed by atoms with van der Waals surface area (Å²) in [7, 11) is 2.04. The Morgan fingerprint density at radius 2 is 2.42 bits per heavy atom. The van der Waals surface area contributed by atoms with E-state index in [1.54, 1.807) is 0 Å². The minimum atomic E-state index is 0.207. The van der Waals surface area contributed by atoms with E-state index in [1.165, 1.54) is 19.3 Å². The summed E-state index contributed by atoms with van der Waals surface area (Å²) in [5.41, 5.74) is 5.98. The Morgan fingerprint density at radius 1 is 1.67 bits per heavy atom. The maximum absolute atomic E-state index is 5.78. The van der Waals surface area contributed by atoms with Gasteiger partial charge in [0.15, 0.2) is 0 Å². The summed E-state index contributed by atoms with van der Waals surface area (Å²) in [5, 5.41) is 0. The number of nitrogens with zero attached hydrogens (tertiary/aromatic N) is 2. The van der Waals surface area contributed by atoms with Gasteiger partial charge in [0.2, 0.25) is 0 Å². The SMILES string of the molecule is Cn1ccnc1C1(CN)CCC1. The van der Waals surface area contributed by atoms with Crippen LogP contribution in [0.1, 0.15) is 25.1 Å². The van der Waals surface area contributed by atoms with E-state index >= 15 is 0 Å². The monoisotopic (exact) mass is 165 g/mol. The Morgan fingerprint density at radius 3 is 2.75 bits per heavy atom. The zero-order valence-corrected chi connectivity index (χ0v) is 7.45. The lowest BCUT2D eigenvalue weighted by Gasteiger charge is -2.40. The number of rotatable bonds is 2. The van der Waals surface area contributed by atoms with Gasteiger partial charge in [0.05, 0.1) is 0 Å². The molecule has 66 valence electrons. The highest BCUT2D eigenvalue weighted by Gasteiger charge is 2.40. The summed E-state index contributed by atoms with van der Waals surface area (Å²) in [6, 6.07) is 0. The molecule has 0 amide bonds. The molecule has 3 heteroatoms. The molecule has 0 aliphatic heterocycles. The second-order valence-electron chi connectivity index (χ2n) is 3.70. The van der Waals surface area contributed by atoms with Crippen LogP contribution >= 0.6 is 0 Å². The molecule has 1 aromatic heterocycles. The zero-order chi connectivity index (χ0) is 8.60. The summed E-state index contributed by atoms with van der Waals surface area (Å²) in [5.74, 6) is 1.16. The minimum absolute atomic E-state index is 0.207. The van der Waals surface area contributed by atoms with Gasteiger partial charge in [-0.05, 0) is 12.8 Å². The zero-order valence-electron chi connectivity index (χ0n) is 7.45. The van der Waals surface area contributed by atoms with Crippen LogP contribution in [0.5, 0.6) is 0 Å². The molecule has 0 unspecified atom stereocenters. The van der Waals surface area contributed by atoms with E-state index in [4.69, 9.17) is 5.73 Å². The standard InChI is InChI=1S/C9H15N3/c1-12-6-5-11-8(12)9(7-10)3-2-4-9/h5-6H,2-4,7,10H2,1H3. The summed E-state index contributed by atoms with van der Waals surface area (Å²) < 4.78 is 2.09. The number of hydrogen-bond donors (Lipinski definition) is 1. The van der Waals surface area contributed by atoms with Crippen molar-refractivity contribution in [2.45, 2.75) is 24.7 Å². The van der Waals surface area contributed by atoms with Crippen LogP contribution in [0.15, 0.2) is 12.4 Å². The molecule has 2 N–H and O–H groups in total. The quantitative estimate of drug-likeness (QED) is 0.704. The molecule has 0 aromatic carbocycles. The Kier molecular flexibility index (Phi) is 1.68. The van der Waals surface area contributed by atoms with Gasteiger partial charge in [-0.15, -0.1) is 0 Å². The first-order valence-electron chi connectivity index (χ1n) is 4.46. The van der Waals surface area contributed by atoms with Gasteiger partial charge in [-0.3, -0.25) is 0 Å². The van der Waals surface area contributed by atoms with Crippen molar-refractivity contribution in [2.75, 3.05) is 6.54 Å². The lowest BCUT2D eigenvalue weighted by molar-refractivity contribution is 0.233. The van der Waals surface area contributed by atoms with Gasteiger partial charge in [-0.25, -0.2) is 4.98 Å². The van der Waals surface area contributed by atoms with Crippen molar-refractivity contribution in [2.24, 2.45) is 12.8 Å². The Bertz CT molecular complexity index is 268. The third-order valence-corrected chi connectivity index (χ3v) is 3.00. The van der Waals surface area contributed by atoms with Crippen molar-refractivity contribution in [3.63, 3.8) is 0 Å². The Labute approximate surface area is 72.6 Å². The molecule has 3 nitrogen and oxygen atoms in total. The molecule has 2 rings (SSSR count). The highest BCUT2D eigenvalue weighted by molar-refractivity contribution is 5.15. The molecule has 1 aromatic rings. The highest BCUT2D eigenvalue weighted by Crippen LogP contribution is 2.41. The first kappa shape index (κ1) is 7.80. The average molecular weight is 165 g/mol. The van der Waals surface area contributed by atoms with Gasteiger partial charge >= 0.3 is 0 Å².